The molecule has 1 aromatic rings. The topological polar surface area (TPSA) is 38.3 Å². The van der Waals surface area contributed by atoms with Gasteiger partial charge in [0.1, 0.15) is 5.75 Å². The third-order valence-electron chi connectivity index (χ3n) is 3.44. The van der Waals surface area contributed by atoms with Crippen molar-refractivity contribution in [1.82, 2.24) is 5.32 Å². The van der Waals surface area contributed by atoms with Crippen LogP contribution in [0.5, 0.6) is 5.75 Å². The molecule has 3 heteroatoms. The molecule has 1 atom stereocenters. The molecule has 1 N–H and O–H groups in total. The van der Waals surface area contributed by atoms with E-state index in [0.717, 1.165) is 42.8 Å². The Hall–Kier alpha value is -1.35. The number of carbonyl (C=O) groups is 1. The minimum absolute atomic E-state index is 0.135. The Kier molecular flexibility index (Phi) is 4.37. The number of rotatable bonds is 4. The van der Waals surface area contributed by atoms with E-state index in [1.165, 1.54) is 0 Å². The van der Waals surface area contributed by atoms with Gasteiger partial charge in [-0.15, -0.1) is 0 Å². The zero-order valence-electron chi connectivity index (χ0n) is 11.2. The van der Waals surface area contributed by atoms with Gasteiger partial charge < -0.3 is 10.1 Å². The second-order valence-corrected chi connectivity index (χ2v) is 4.82. The molecule has 3 nitrogen and oxygen atoms in total. The van der Waals surface area contributed by atoms with Crippen LogP contribution in [0.25, 0.3) is 0 Å². The van der Waals surface area contributed by atoms with E-state index in [2.05, 4.69) is 5.32 Å². The van der Waals surface area contributed by atoms with E-state index in [-0.39, 0.29) is 11.7 Å². The summed E-state index contributed by atoms with van der Waals surface area (Å²) in [6.45, 7) is 6.44. The summed E-state index contributed by atoms with van der Waals surface area (Å²) in [5.74, 6) is 1.24. The first-order valence-electron chi connectivity index (χ1n) is 6.70. The zero-order chi connectivity index (χ0) is 13.0. The fourth-order valence-electron chi connectivity index (χ4n) is 2.46. The molecule has 0 aliphatic carbocycles. The van der Waals surface area contributed by atoms with Crippen LogP contribution in [0.2, 0.25) is 0 Å². The van der Waals surface area contributed by atoms with Crippen molar-refractivity contribution in [2.24, 2.45) is 5.92 Å². The van der Waals surface area contributed by atoms with E-state index in [1.807, 2.05) is 32.0 Å². The smallest absolute Gasteiger partial charge is 0.167 e. The SMILES string of the molecule is CCOc1ccc(C(=O)C2CCCNC2)c(C)c1. The van der Waals surface area contributed by atoms with Crippen LogP contribution >= 0.6 is 0 Å². The van der Waals surface area contributed by atoms with Crippen molar-refractivity contribution >= 4 is 5.78 Å². The third kappa shape index (κ3) is 2.91. The van der Waals surface area contributed by atoms with Gasteiger partial charge in [0.2, 0.25) is 0 Å². The molecule has 1 heterocycles. The Morgan fingerprint density at radius 2 is 2.33 bits per heavy atom. The van der Waals surface area contributed by atoms with Gasteiger partial charge >= 0.3 is 0 Å². The van der Waals surface area contributed by atoms with Gasteiger partial charge in [-0.1, -0.05) is 0 Å². The van der Waals surface area contributed by atoms with Gasteiger partial charge in [0.15, 0.2) is 5.78 Å². The maximum Gasteiger partial charge on any atom is 0.167 e. The number of ether oxygens (including phenoxy) is 1. The summed E-state index contributed by atoms with van der Waals surface area (Å²) < 4.78 is 5.44. The lowest BCUT2D eigenvalue weighted by Crippen LogP contribution is -2.34. The van der Waals surface area contributed by atoms with Crippen molar-refractivity contribution in [2.45, 2.75) is 26.7 Å². The van der Waals surface area contributed by atoms with Crippen molar-refractivity contribution in [3.8, 4) is 5.75 Å². The molecule has 1 aliphatic heterocycles. The molecule has 1 saturated heterocycles. The molecular weight excluding hydrogens is 226 g/mol. The number of benzene rings is 1. The first-order valence-corrected chi connectivity index (χ1v) is 6.70. The predicted molar refractivity (Wildman–Crippen MR) is 72.3 cm³/mol. The maximum absolute atomic E-state index is 12.4. The van der Waals surface area contributed by atoms with Crippen LogP contribution in [-0.4, -0.2) is 25.5 Å². The van der Waals surface area contributed by atoms with Gasteiger partial charge in [0.25, 0.3) is 0 Å². The van der Waals surface area contributed by atoms with Crippen molar-refractivity contribution in [2.75, 3.05) is 19.7 Å². The lowest BCUT2D eigenvalue weighted by molar-refractivity contribution is 0.0899. The van der Waals surface area contributed by atoms with Crippen LogP contribution in [0.4, 0.5) is 0 Å². The van der Waals surface area contributed by atoms with E-state index in [4.69, 9.17) is 4.74 Å². The summed E-state index contributed by atoms with van der Waals surface area (Å²) >= 11 is 0. The lowest BCUT2D eigenvalue weighted by Gasteiger charge is -2.22. The highest BCUT2D eigenvalue weighted by Gasteiger charge is 2.23. The average Bonchev–Trinajstić information content (AvgIpc) is 2.40. The monoisotopic (exact) mass is 247 g/mol. The Balaban J connectivity index is 2.14. The van der Waals surface area contributed by atoms with Crippen LogP contribution < -0.4 is 10.1 Å². The number of piperidine rings is 1. The minimum atomic E-state index is 0.135. The molecule has 0 aromatic heterocycles. The van der Waals surface area contributed by atoms with E-state index in [0.29, 0.717) is 6.61 Å². The fourth-order valence-corrected chi connectivity index (χ4v) is 2.46. The highest BCUT2D eigenvalue weighted by Crippen LogP contribution is 2.22. The first-order chi connectivity index (χ1) is 8.72. The number of ketones is 1. The molecule has 0 spiro atoms. The summed E-state index contributed by atoms with van der Waals surface area (Å²) in [5.41, 5.74) is 1.85. The van der Waals surface area contributed by atoms with Crippen LogP contribution in [0, 0.1) is 12.8 Å². The Bertz CT molecular complexity index is 423. The molecule has 0 radical (unpaired) electrons. The number of aryl methyl sites for hydroxylation is 1. The quantitative estimate of drug-likeness (QED) is 0.831. The molecule has 0 amide bonds. The van der Waals surface area contributed by atoms with Crippen molar-refractivity contribution in [1.29, 1.82) is 0 Å². The maximum atomic E-state index is 12.4. The standard InChI is InChI=1S/C15H21NO2/c1-3-18-13-6-7-14(11(2)9-13)15(17)12-5-4-8-16-10-12/h6-7,9,12,16H,3-5,8,10H2,1-2H3. The molecule has 1 aromatic carbocycles. The van der Waals surface area contributed by atoms with Gasteiger partial charge in [-0.3, -0.25) is 4.79 Å². The summed E-state index contributed by atoms with van der Waals surface area (Å²) in [5, 5.41) is 3.29. The zero-order valence-corrected chi connectivity index (χ0v) is 11.2. The van der Waals surface area contributed by atoms with E-state index < -0.39 is 0 Å². The fraction of sp³-hybridized carbons (Fsp3) is 0.533. The summed E-state index contributed by atoms with van der Waals surface area (Å²) in [6.07, 6.45) is 2.09. The number of hydrogen-bond acceptors (Lipinski definition) is 3. The van der Waals surface area contributed by atoms with Crippen molar-refractivity contribution < 1.29 is 9.53 Å². The van der Waals surface area contributed by atoms with Gasteiger partial charge in [0, 0.05) is 18.0 Å². The normalized spacial score (nSPS) is 19.6. The van der Waals surface area contributed by atoms with E-state index >= 15 is 0 Å². The first kappa shape index (κ1) is 13.1. The number of hydrogen-bond donors (Lipinski definition) is 1. The highest BCUT2D eigenvalue weighted by molar-refractivity contribution is 5.99. The molecular formula is C15H21NO2. The largest absolute Gasteiger partial charge is 0.494 e. The molecule has 2 rings (SSSR count). The van der Waals surface area contributed by atoms with Gasteiger partial charge in [0.05, 0.1) is 6.61 Å². The summed E-state index contributed by atoms with van der Waals surface area (Å²) in [7, 11) is 0. The third-order valence-corrected chi connectivity index (χ3v) is 3.44. The Morgan fingerprint density at radius 3 is 2.94 bits per heavy atom. The molecule has 0 saturated carbocycles. The number of Topliss-reactive ketones (excluding diaryl/α,β-unsaturated/α-hetero) is 1. The second-order valence-electron chi connectivity index (χ2n) is 4.82. The summed E-state index contributed by atoms with van der Waals surface area (Å²) in [4.78, 5) is 12.4. The van der Waals surface area contributed by atoms with Crippen LogP contribution in [0.1, 0.15) is 35.7 Å². The van der Waals surface area contributed by atoms with E-state index in [9.17, 15) is 4.79 Å². The lowest BCUT2D eigenvalue weighted by atomic mass is 9.89. The van der Waals surface area contributed by atoms with Crippen LogP contribution in [0.3, 0.4) is 0 Å². The molecule has 1 unspecified atom stereocenters. The van der Waals surface area contributed by atoms with Crippen LogP contribution in [0.15, 0.2) is 18.2 Å². The minimum Gasteiger partial charge on any atom is -0.494 e. The van der Waals surface area contributed by atoms with E-state index in [1.54, 1.807) is 0 Å². The van der Waals surface area contributed by atoms with Gasteiger partial charge in [-0.25, -0.2) is 0 Å². The van der Waals surface area contributed by atoms with Crippen molar-refractivity contribution in [3.05, 3.63) is 29.3 Å². The average molecular weight is 247 g/mol. The highest BCUT2D eigenvalue weighted by atomic mass is 16.5. The molecule has 0 bridgehead atoms. The van der Waals surface area contributed by atoms with Gasteiger partial charge in [-0.05, 0) is 57.0 Å². The molecule has 98 valence electrons. The Morgan fingerprint density at radius 1 is 1.50 bits per heavy atom. The second kappa shape index (κ2) is 6.01. The number of nitrogens with one attached hydrogen (secondary N) is 1. The molecule has 18 heavy (non-hydrogen) atoms. The molecule has 1 aliphatic rings. The Labute approximate surface area is 109 Å². The van der Waals surface area contributed by atoms with Gasteiger partial charge in [-0.2, -0.15) is 0 Å². The predicted octanol–water partition coefficient (Wildman–Crippen LogP) is 2.58. The summed E-state index contributed by atoms with van der Waals surface area (Å²) in [6, 6.07) is 5.74. The molecule has 1 fully saturated rings. The van der Waals surface area contributed by atoms with Crippen LogP contribution in [-0.2, 0) is 0 Å². The number of carbonyl (C=O) groups excluding carboxylic acids is 1. The van der Waals surface area contributed by atoms with Crippen molar-refractivity contribution in [3.63, 3.8) is 0 Å².